The second-order valence-electron chi connectivity index (χ2n) is 3.39. The van der Waals surface area contributed by atoms with Crippen LogP contribution >= 0.6 is 31.9 Å². The van der Waals surface area contributed by atoms with Gasteiger partial charge in [-0.15, -0.1) is 0 Å². The van der Waals surface area contributed by atoms with Crippen LogP contribution < -0.4 is 5.32 Å². The molecule has 0 amide bonds. The number of halogens is 2. The molecule has 0 saturated carbocycles. The van der Waals surface area contributed by atoms with E-state index in [-0.39, 0.29) is 0 Å². The molecule has 0 bridgehead atoms. The number of hydrogen-bond donors (Lipinski definition) is 1. The van der Waals surface area contributed by atoms with Crippen LogP contribution in [0.1, 0.15) is 18.9 Å². The highest BCUT2D eigenvalue weighted by atomic mass is 79.9. The SMILES string of the molecule is CC(CCBr)NCc1ccc(Br)cc1. The van der Waals surface area contributed by atoms with E-state index in [9.17, 15) is 0 Å². The number of hydrogen-bond acceptors (Lipinski definition) is 1. The molecule has 1 rings (SSSR count). The van der Waals surface area contributed by atoms with E-state index in [1.807, 2.05) is 0 Å². The Hall–Kier alpha value is 0.140. The summed E-state index contributed by atoms with van der Waals surface area (Å²) < 4.78 is 1.13. The topological polar surface area (TPSA) is 12.0 Å². The maximum atomic E-state index is 3.47. The Bertz CT molecular complexity index is 258. The molecule has 0 aromatic heterocycles. The maximum absolute atomic E-state index is 3.47. The molecule has 0 aliphatic heterocycles. The molecule has 0 heterocycles. The van der Waals surface area contributed by atoms with Gasteiger partial charge in [-0.05, 0) is 31.0 Å². The van der Waals surface area contributed by atoms with E-state index in [0.717, 1.165) is 22.8 Å². The van der Waals surface area contributed by atoms with Crippen molar-refractivity contribution in [3.05, 3.63) is 34.3 Å². The van der Waals surface area contributed by atoms with Gasteiger partial charge in [-0.1, -0.05) is 44.0 Å². The highest BCUT2D eigenvalue weighted by Gasteiger charge is 1.99. The molecule has 0 radical (unpaired) electrons. The summed E-state index contributed by atoms with van der Waals surface area (Å²) in [5, 5.41) is 4.53. The van der Waals surface area contributed by atoms with E-state index >= 15 is 0 Å². The number of rotatable bonds is 5. The zero-order chi connectivity index (χ0) is 10.4. The number of alkyl halides is 1. The van der Waals surface area contributed by atoms with Crippen LogP contribution in [0.15, 0.2) is 28.7 Å². The van der Waals surface area contributed by atoms with Crippen LogP contribution in [-0.2, 0) is 6.54 Å². The van der Waals surface area contributed by atoms with Crippen LogP contribution in [-0.4, -0.2) is 11.4 Å². The first-order chi connectivity index (χ1) is 6.72. The average Bonchev–Trinajstić information content (AvgIpc) is 2.17. The van der Waals surface area contributed by atoms with E-state index in [2.05, 4.69) is 68.4 Å². The van der Waals surface area contributed by atoms with Crippen LogP contribution in [0.2, 0.25) is 0 Å². The first kappa shape index (κ1) is 12.2. The van der Waals surface area contributed by atoms with Crippen molar-refractivity contribution in [2.24, 2.45) is 0 Å². The third-order valence-electron chi connectivity index (χ3n) is 2.11. The van der Waals surface area contributed by atoms with Crippen LogP contribution in [0.3, 0.4) is 0 Å². The van der Waals surface area contributed by atoms with E-state index in [1.165, 1.54) is 5.56 Å². The normalized spacial score (nSPS) is 12.8. The molecular weight excluding hydrogens is 306 g/mol. The van der Waals surface area contributed by atoms with Gasteiger partial charge in [-0.3, -0.25) is 0 Å². The third-order valence-corrected chi connectivity index (χ3v) is 3.10. The quantitative estimate of drug-likeness (QED) is 0.815. The summed E-state index contributed by atoms with van der Waals surface area (Å²) in [5.41, 5.74) is 1.33. The molecule has 14 heavy (non-hydrogen) atoms. The Balaban J connectivity index is 2.34. The van der Waals surface area contributed by atoms with Gasteiger partial charge in [0.25, 0.3) is 0 Å². The fourth-order valence-electron chi connectivity index (χ4n) is 1.16. The average molecular weight is 321 g/mol. The fourth-order valence-corrected chi connectivity index (χ4v) is 2.11. The van der Waals surface area contributed by atoms with Gasteiger partial charge >= 0.3 is 0 Å². The summed E-state index contributed by atoms with van der Waals surface area (Å²) in [7, 11) is 0. The Labute approximate surface area is 103 Å². The third kappa shape index (κ3) is 4.58. The van der Waals surface area contributed by atoms with E-state index in [1.54, 1.807) is 0 Å². The van der Waals surface area contributed by atoms with Crippen molar-refractivity contribution in [1.82, 2.24) is 5.32 Å². The van der Waals surface area contributed by atoms with Crippen LogP contribution in [0.5, 0.6) is 0 Å². The minimum absolute atomic E-state index is 0.568. The van der Waals surface area contributed by atoms with Crippen LogP contribution in [0, 0.1) is 0 Å². The van der Waals surface area contributed by atoms with Crippen molar-refractivity contribution < 1.29 is 0 Å². The lowest BCUT2D eigenvalue weighted by molar-refractivity contribution is 0.538. The summed E-state index contributed by atoms with van der Waals surface area (Å²) in [4.78, 5) is 0. The molecule has 0 spiro atoms. The summed E-state index contributed by atoms with van der Waals surface area (Å²) in [5.74, 6) is 0. The lowest BCUT2D eigenvalue weighted by Gasteiger charge is -2.12. The summed E-state index contributed by atoms with van der Waals surface area (Å²) in [6.45, 7) is 3.15. The zero-order valence-electron chi connectivity index (χ0n) is 8.26. The molecular formula is C11H15Br2N. The predicted octanol–water partition coefficient (Wildman–Crippen LogP) is 3.71. The van der Waals surface area contributed by atoms with Gasteiger partial charge < -0.3 is 5.32 Å². The number of benzene rings is 1. The Kier molecular flexibility index (Phi) is 5.75. The largest absolute Gasteiger partial charge is 0.310 e. The van der Waals surface area contributed by atoms with Gasteiger partial charge in [-0.2, -0.15) is 0 Å². The monoisotopic (exact) mass is 319 g/mol. The fraction of sp³-hybridized carbons (Fsp3) is 0.455. The van der Waals surface area contributed by atoms with Gasteiger partial charge in [-0.25, -0.2) is 0 Å². The van der Waals surface area contributed by atoms with Crippen molar-refractivity contribution >= 4 is 31.9 Å². The molecule has 0 fully saturated rings. The van der Waals surface area contributed by atoms with Crippen molar-refractivity contribution in [2.45, 2.75) is 25.9 Å². The molecule has 0 aliphatic rings. The lowest BCUT2D eigenvalue weighted by atomic mass is 10.2. The second-order valence-corrected chi connectivity index (χ2v) is 5.09. The van der Waals surface area contributed by atoms with E-state index in [4.69, 9.17) is 0 Å². The van der Waals surface area contributed by atoms with Crippen molar-refractivity contribution in [1.29, 1.82) is 0 Å². The lowest BCUT2D eigenvalue weighted by Crippen LogP contribution is -2.25. The first-order valence-corrected chi connectivity index (χ1v) is 6.67. The zero-order valence-corrected chi connectivity index (χ0v) is 11.4. The van der Waals surface area contributed by atoms with E-state index < -0.39 is 0 Å². The molecule has 0 aliphatic carbocycles. The molecule has 1 nitrogen and oxygen atoms in total. The highest BCUT2D eigenvalue weighted by molar-refractivity contribution is 9.10. The minimum atomic E-state index is 0.568. The summed E-state index contributed by atoms with van der Waals surface area (Å²) in [6, 6.07) is 8.99. The first-order valence-electron chi connectivity index (χ1n) is 4.76. The molecule has 78 valence electrons. The number of nitrogens with one attached hydrogen (secondary N) is 1. The second kappa shape index (κ2) is 6.59. The van der Waals surface area contributed by atoms with E-state index in [0.29, 0.717) is 6.04 Å². The van der Waals surface area contributed by atoms with Gasteiger partial charge in [0.2, 0.25) is 0 Å². The smallest absolute Gasteiger partial charge is 0.0207 e. The molecule has 1 aromatic rings. The predicted molar refractivity (Wildman–Crippen MR) is 68.9 cm³/mol. The Morgan fingerprint density at radius 2 is 1.93 bits per heavy atom. The van der Waals surface area contributed by atoms with Crippen molar-refractivity contribution in [3.8, 4) is 0 Å². The molecule has 3 heteroatoms. The molecule has 1 aromatic carbocycles. The van der Waals surface area contributed by atoms with Gasteiger partial charge in [0.05, 0.1) is 0 Å². The maximum Gasteiger partial charge on any atom is 0.0207 e. The molecule has 0 saturated heterocycles. The molecule has 1 atom stereocenters. The van der Waals surface area contributed by atoms with Gasteiger partial charge in [0.1, 0.15) is 0 Å². The Morgan fingerprint density at radius 3 is 2.50 bits per heavy atom. The van der Waals surface area contributed by atoms with Gasteiger partial charge in [0.15, 0.2) is 0 Å². The van der Waals surface area contributed by atoms with Crippen molar-refractivity contribution in [2.75, 3.05) is 5.33 Å². The standard InChI is InChI=1S/C11H15Br2N/c1-9(6-7-12)14-8-10-2-4-11(13)5-3-10/h2-5,9,14H,6-8H2,1H3. The highest BCUT2D eigenvalue weighted by Crippen LogP contribution is 2.10. The van der Waals surface area contributed by atoms with Crippen LogP contribution in [0.4, 0.5) is 0 Å². The van der Waals surface area contributed by atoms with Crippen molar-refractivity contribution in [3.63, 3.8) is 0 Å². The summed E-state index contributed by atoms with van der Waals surface area (Å²) >= 11 is 6.86. The molecule has 1 N–H and O–H groups in total. The summed E-state index contributed by atoms with van der Waals surface area (Å²) in [6.07, 6.45) is 1.16. The Morgan fingerprint density at radius 1 is 1.29 bits per heavy atom. The molecule has 1 unspecified atom stereocenters. The van der Waals surface area contributed by atoms with Crippen LogP contribution in [0.25, 0.3) is 0 Å². The minimum Gasteiger partial charge on any atom is -0.310 e. The van der Waals surface area contributed by atoms with Gasteiger partial charge in [0, 0.05) is 22.4 Å².